The second-order valence-corrected chi connectivity index (χ2v) is 5.61. The van der Waals surface area contributed by atoms with Crippen molar-refractivity contribution < 1.29 is 19.1 Å². The van der Waals surface area contributed by atoms with E-state index in [1.54, 1.807) is 0 Å². The van der Waals surface area contributed by atoms with Gasteiger partial charge in [-0.05, 0) is 6.42 Å². The first-order valence-corrected chi connectivity index (χ1v) is 7.00. The van der Waals surface area contributed by atoms with Crippen molar-refractivity contribution in [3.8, 4) is 0 Å². The largest absolute Gasteiger partial charge is 0.460 e. The lowest BCUT2D eigenvalue weighted by atomic mass is 9.96. The fourth-order valence-corrected chi connectivity index (χ4v) is 1.30. The Morgan fingerprint density at radius 1 is 1.15 bits per heavy atom. The topological polar surface area (TPSA) is 64.6 Å². The van der Waals surface area contributed by atoms with Gasteiger partial charge >= 0.3 is 5.97 Å². The average molecular weight is 285 g/mol. The van der Waals surface area contributed by atoms with Crippen molar-refractivity contribution in [3.05, 3.63) is 12.2 Å². The molecule has 0 aliphatic rings. The highest BCUT2D eigenvalue weighted by molar-refractivity contribution is 5.87. The number of nitrogens with one attached hydrogen (secondary N) is 1. The van der Waals surface area contributed by atoms with Crippen LogP contribution in [0, 0.1) is 5.41 Å². The predicted molar refractivity (Wildman–Crippen MR) is 78.3 cm³/mol. The molecule has 0 unspecified atom stereocenters. The molecule has 0 fully saturated rings. The number of carbonyl (C=O) groups is 2. The van der Waals surface area contributed by atoms with Crippen molar-refractivity contribution >= 4 is 11.9 Å². The van der Waals surface area contributed by atoms with Crippen LogP contribution < -0.4 is 5.32 Å². The van der Waals surface area contributed by atoms with Crippen LogP contribution in [0.15, 0.2) is 12.2 Å². The van der Waals surface area contributed by atoms with E-state index in [-0.39, 0.29) is 18.5 Å². The molecule has 0 rings (SSSR count). The lowest BCUT2D eigenvalue weighted by molar-refractivity contribution is -0.140. The van der Waals surface area contributed by atoms with Crippen LogP contribution in [-0.2, 0) is 19.1 Å². The Kier molecular flexibility index (Phi) is 8.88. The third-order valence-electron chi connectivity index (χ3n) is 2.51. The first kappa shape index (κ1) is 18.6. The number of esters is 1. The molecule has 1 amide bonds. The Bertz CT molecular complexity index is 331. The lowest BCUT2D eigenvalue weighted by Gasteiger charge is -2.17. The third kappa shape index (κ3) is 8.69. The summed E-state index contributed by atoms with van der Waals surface area (Å²) < 4.78 is 10.3. The van der Waals surface area contributed by atoms with E-state index >= 15 is 0 Å². The van der Waals surface area contributed by atoms with E-state index in [9.17, 15) is 9.59 Å². The maximum atomic E-state index is 11.5. The first-order chi connectivity index (χ1) is 9.29. The van der Waals surface area contributed by atoms with Crippen molar-refractivity contribution in [3.63, 3.8) is 0 Å². The smallest absolute Gasteiger partial charge is 0.333 e. The second kappa shape index (κ2) is 9.53. The molecule has 116 valence electrons. The summed E-state index contributed by atoms with van der Waals surface area (Å²) in [6, 6.07) is 0. The molecule has 5 heteroatoms. The summed E-state index contributed by atoms with van der Waals surface area (Å²) in [6.07, 6.45) is 1.52. The van der Waals surface area contributed by atoms with Gasteiger partial charge in [0.1, 0.15) is 6.61 Å². The molecule has 0 bridgehead atoms. The fourth-order valence-electron chi connectivity index (χ4n) is 1.30. The highest BCUT2D eigenvalue weighted by Gasteiger charge is 2.20. The Morgan fingerprint density at radius 3 is 2.35 bits per heavy atom. The first-order valence-electron chi connectivity index (χ1n) is 7.00. The standard InChI is InChI=1S/C15H27NO4/c1-6-7-12(2)13(17)20-11-10-19-9-8-16-14(18)15(3,4)5/h2,6-11H2,1,3-5H3,(H,16,18). The minimum Gasteiger partial charge on any atom is -0.460 e. The summed E-state index contributed by atoms with van der Waals surface area (Å²) in [7, 11) is 0. The summed E-state index contributed by atoms with van der Waals surface area (Å²) in [4.78, 5) is 22.9. The molecular weight excluding hydrogens is 258 g/mol. The minimum atomic E-state index is -0.394. The number of rotatable bonds is 9. The zero-order valence-corrected chi connectivity index (χ0v) is 13.1. The molecule has 0 heterocycles. The van der Waals surface area contributed by atoms with Gasteiger partial charge in [0.05, 0.1) is 13.2 Å². The monoisotopic (exact) mass is 285 g/mol. The van der Waals surface area contributed by atoms with Gasteiger partial charge < -0.3 is 14.8 Å². The number of hydrogen-bond acceptors (Lipinski definition) is 4. The van der Waals surface area contributed by atoms with Crippen LogP contribution in [0.2, 0.25) is 0 Å². The second-order valence-electron chi connectivity index (χ2n) is 5.61. The molecule has 0 aromatic carbocycles. The van der Waals surface area contributed by atoms with Crippen molar-refractivity contribution in [2.45, 2.75) is 40.5 Å². The van der Waals surface area contributed by atoms with Gasteiger partial charge in [0.2, 0.25) is 5.91 Å². The molecule has 0 aromatic heterocycles. The molecule has 0 aliphatic heterocycles. The van der Waals surface area contributed by atoms with E-state index in [1.165, 1.54) is 0 Å². The Morgan fingerprint density at radius 2 is 1.80 bits per heavy atom. The SMILES string of the molecule is C=C(CCC)C(=O)OCCOCCNC(=O)C(C)(C)C. The van der Waals surface area contributed by atoms with E-state index in [4.69, 9.17) is 9.47 Å². The molecule has 20 heavy (non-hydrogen) atoms. The van der Waals surface area contributed by atoms with Crippen molar-refractivity contribution in [2.24, 2.45) is 5.41 Å². The quantitative estimate of drug-likeness (QED) is 0.400. The summed E-state index contributed by atoms with van der Waals surface area (Å²) in [5.41, 5.74) is 0.0970. The normalized spacial score (nSPS) is 11.0. The number of amides is 1. The van der Waals surface area contributed by atoms with Crippen LogP contribution in [-0.4, -0.2) is 38.2 Å². The highest BCUT2D eigenvalue weighted by atomic mass is 16.6. The van der Waals surface area contributed by atoms with Gasteiger partial charge in [-0.3, -0.25) is 4.79 Å². The van der Waals surface area contributed by atoms with E-state index in [0.717, 1.165) is 6.42 Å². The van der Waals surface area contributed by atoms with Crippen LogP contribution in [0.3, 0.4) is 0 Å². The number of hydrogen-bond donors (Lipinski definition) is 1. The van der Waals surface area contributed by atoms with Crippen LogP contribution in [0.25, 0.3) is 0 Å². The molecule has 0 saturated heterocycles. The molecule has 0 radical (unpaired) electrons. The van der Waals surface area contributed by atoms with Crippen molar-refractivity contribution in [2.75, 3.05) is 26.4 Å². The average Bonchev–Trinajstić information content (AvgIpc) is 2.36. The van der Waals surface area contributed by atoms with E-state index in [0.29, 0.717) is 31.8 Å². The summed E-state index contributed by atoms with van der Waals surface area (Å²) in [5.74, 6) is -0.375. The lowest BCUT2D eigenvalue weighted by Crippen LogP contribution is -2.36. The molecule has 5 nitrogen and oxygen atoms in total. The van der Waals surface area contributed by atoms with E-state index in [1.807, 2.05) is 27.7 Å². The van der Waals surface area contributed by atoms with Crippen molar-refractivity contribution in [1.82, 2.24) is 5.32 Å². The van der Waals surface area contributed by atoms with Crippen LogP contribution in [0.5, 0.6) is 0 Å². The molecule has 1 N–H and O–H groups in total. The zero-order valence-electron chi connectivity index (χ0n) is 13.1. The Hall–Kier alpha value is -1.36. The summed E-state index contributed by atoms with van der Waals surface area (Å²) in [5, 5.41) is 2.77. The van der Waals surface area contributed by atoms with Crippen LogP contribution in [0.4, 0.5) is 0 Å². The van der Waals surface area contributed by atoms with Crippen LogP contribution >= 0.6 is 0 Å². The van der Waals surface area contributed by atoms with Gasteiger partial charge in [-0.2, -0.15) is 0 Å². The molecule has 0 aromatic rings. The fraction of sp³-hybridized carbons (Fsp3) is 0.733. The predicted octanol–water partition coefficient (Wildman–Crippen LogP) is 2.06. The van der Waals surface area contributed by atoms with Gasteiger partial charge in [0.25, 0.3) is 0 Å². The molecule has 0 saturated carbocycles. The van der Waals surface area contributed by atoms with Gasteiger partial charge in [0, 0.05) is 17.5 Å². The van der Waals surface area contributed by atoms with Crippen LogP contribution in [0.1, 0.15) is 40.5 Å². The number of ether oxygens (including phenoxy) is 2. The van der Waals surface area contributed by atoms with E-state index in [2.05, 4.69) is 11.9 Å². The zero-order chi connectivity index (χ0) is 15.6. The summed E-state index contributed by atoms with van der Waals surface area (Å²) in [6.45, 7) is 12.6. The molecule has 0 aliphatic carbocycles. The van der Waals surface area contributed by atoms with E-state index < -0.39 is 5.41 Å². The highest BCUT2D eigenvalue weighted by Crippen LogP contribution is 2.11. The van der Waals surface area contributed by atoms with Gasteiger partial charge in [-0.15, -0.1) is 0 Å². The molecule has 0 spiro atoms. The third-order valence-corrected chi connectivity index (χ3v) is 2.51. The maximum Gasteiger partial charge on any atom is 0.333 e. The van der Waals surface area contributed by atoms with Gasteiger partial charge in [-0.1, -0.05) is 40.7 Å². The van der Waals surface area contributed by atoms with Crippen molar-refractivity contribution in [1.29, 1.82) is 0 Å². The Labute approximate surface area is 121 Å². The maximum absolute atomic E-state index is 11.5. The van der Waals surface area contributed by atoms with Gasteiger partial charge in [-0.25, -0.2) is 4.79 Å². The summed E-state index contributed by atoms with van der Waals surface area (Å²) >= 11 is 0. The van der Waals surface area contributed by atoms with Gasteiger partial charge in [0.15, 0.2) is 0 Å². The number of carbonyl (C=O) groups excluding carboxylic acids is 2. The molecule has 0 atom stereocenters. The molecular formula is C15H27NO4. The Balaban J connectivity index is 3.53. The minimum absolute atomic E-state index is 0.0107.